The number of rotatable bonds is 26. The van der Waals surface area contributed by atoms with Crippen LogP contribution >= 0.6 is 0 Å². The van der Waals surface area contributed by atoms with Crippen molar-refractivity contribution in [2.24, 2.45) is 0 Å². The monoisotopic (exact) mass is 703 g/mol. The molecule has 2 heteroatoms. The van der Waals surface area contributed by atoms with E-state index >= 15 is 0 Å². The topological polar surface area (TPSA) is 3.24 Å². The Labute approximate surface area is 277 Å². The van der Waals surface area contributed by atoms with Gasteiger partial charge in [-0.15, -0.1) is 0 Å². The fraction of sp³-hybridized carbons (Fsp3) is 0.571. The molecule has 0 radical (unpaired) electrons. The van der Waals surface area contributed by atoms with Gasteiger partial charge in [0.15, 0.2) is 0 Å². The van der Waals surface area contributed by atoms with Crippen LogP contribution in [0.15, 0.2) is 91.0 Å². The van der Waals surface area contributed by atoms with Crippen molar-refractivity contribution < 1.29 is 0 Å². The van der Waals surface area contributed by atoms with Gasteiger partial charge in [0, 0.05) is 0 Å². The molecule has 0 aliphatic carbocycles. The fourth-order valence-electron chi connectivity index (χ4n) is 7.11. The third kappa shape index (κ3) is 12.7. The van der Waals surface area contributed by atoms with Crippen molar-refractivity contribution >= 4 is 29.4 Å². The number of unbranched alkanes of at least 4 members (excludes halogenated alkanes) is 18. The first kappa shape index (κ1) is 36.9. The maximum absolute atomic E-state index is 3.49. The maximum atomic E-state index is 3.07. The molecule has 0 saturated carbocycles. The zero-order valence-electron chi connectivity index (χ0n) is 28.7. The molecule has 1 nitrogen and oxygen atoms in total. The van der Waals surface area contributed by atoms with Crippen molar-refractivity contribution in [3.8, 4) is 0 Å². The van der Waals surface area contributed by atoms with Gasteiger partial charge in [0.25, 0.3) is 0 Å². The van der Waals surface area contributed by atoms with Crippen LogP contribution in [0.5, 0.6) is 0 Å². The molecule has 3 aromatic carbocycles. The summed E-state index contributed by atoms with van der Waals surface area (Å²) in [5, 5.41) is 0. The van der Waals surface area contributed by atoms with Gasteiger partial charge in [0.1, 0.15) is 0 Å². The van der Waals surface area contributed by atoms with E-state index in [9.17, 15) is 0 Å². The zero-order chi connectivity index (χ0) is 31.0. The number of benzene rings is 3. The molecule has 0 aliphatic rings. The predicted octanol–water partition coefficient (Wildman–Crippen LogP) is 10.8. The van der Waals surface area contributed by atoms with Crippen molar-refractivity contribution in [1.29, 1.82) is 0 Å². The van der Waals surface area contributed by atoms with E-state index in [1.54, 1.807) is 10.7 Å². The van der Waals surface area contributed by atoms with Crippen LogP contribution in [0.3, 0.4) is 0 Å². The number of hydrogen-bond donors (Lipinski definition) is 0. The predicted molar refractivity (Wildman–Crippen MR) is 199 cm³/mol. The van der Waals surface area contributed by atoms with Gasteiger partial charge in [-0.05, 0) is 0 Å². The third-order valence-corrected chi connectivity index (χ3v) is 23.6. The molecule has 0 amide bonds. The Morgan fingerprint density at radius 1 is 0.341 bits per heavy atom. The Hall–Kier alpha value is -1.58. The summed E-state index contributed by atoms with van der Waals surface area (Å²) in [5.74, 6) is 0. The van der Waals surface area contributed by atoms with Crippen LogP contribution in [-0.4, -0.2) is 34.9 Å². The first-order chi connectivity index (χ1) is 21.8. The van der Waals surface area contributed by atoms with Crippen LogP contribution in [-0.2, 0) is 0 Å². The molecule has 0 aliphatic heterocycles. The summed E-state index contributed by atoms with van der Waals surface area (Å²) in [6, 6.07) is 35.1. The Morgan fingerprint density at radius 3 is 0.864 bits per heavy atom. The normalized spacial score (nSPS) is 11.8. The van der Waals surface area contributed by atoms with Crippen molar-refractivity contribution in [2.75, 3.05) is 13.1 Å². The molecule has 0 unspecified atom stereocenters. The molecule has 44 heavy (non-hydrogen) atoms. The summed E-state index contributed by atoms with van der Waals surface area (Å²) in [6.45, 7) is 7.07. The average molecular weight is 703 g/mol. The molecule has 0 bridgehead atoms. The van der Waals surface area contributed by atoms with E-state index < -0.39 is 18.7 Å². The molecule has 0 atom stereocenters. The van der Waals surface area contributed by atoms with E-state index in [0.717, 1.165) is 0 Å². The summed E-state index contributed by atoms with van der Waals surface area (Å²) >= 11 is -3.49. The van der Waals surface area contributed by atoms with Crippen LogP contribution in [0.2, 0.25) is 0 Å². The fourth-order valence-corrected chi connectivity index (χ4v) is 21.7. The first-order valence-corrected chi connectivity index (χ1v) is 24.3. The van der Waals surface area contributed by atoms with E-state index in [0.29, 0.717) is 0 Å². The van der Waals surface area contributed by atoms with Crippen LogP contribution < -0.4 is 10.7 Å². The van der Waals surface area contributed by atoms with Crippen molar-refractivity contribution in [3.05, 3.63) is 91.0 Å². The van der Waals surface area contributed by atoms with E-state index in [4.69, 9.17) is 0 Å². The summed E-state index contributed by atoms with van der Waals surface area (Å²) in [7, 11) is 0. The molecule has 3 aromatic rings. The van der Waals surface area contributed by atoms with Gasteiger partial charge >= 0.3 is 265 Å². The van der Waals surface area contributed by atoms with Crippen LogP contribution in [0.1, 0.15) is 142 Å². The molecule has 0 N–H and O–H groups in total. The van der Waals surface area contributed by atoms with Gasteiger partial charge in [-0.1, -0.05) is 13.8 Å². The Balaban J connectivity index is 1.73. The Bertz CT molecular complexity index is 930. The van der Waals surface area contributed by atoms with Gasteiger partial charge in [-0.2, -0.15) is 0 Å². The molecule has 0 spiro atoms. The van der Waals surface area contributed by atoms with Gasteiger partial charge in [0.05, 0.1) is 0 Å². The second kappa shape index (κ2) is 23.7. The summed E-state index contributed by atoms with van der Waals surface area (Å²) in [4.78, 5) is 0. The van der Waals surface area contributed by atoms with Gasteiger partial charge in [-0.3, -0.25) is 0 Å². The molecule has 0 saturated heterocycles. The van der Waals surface area contributed by atoms with E-state index in [1.165, 1.54) is 142 Å². The van der Waals surface area contributed by atoms with E-state index in [-0.39, 0.29) is 0 Å². The SMILES string of the molecule is CCCCCCCCCCCC[N](CCCCCCCCCCCC)[Sn]([c]1ccccc1)([c]1ccccc1)[c]1ccccc1. The van der Waals surface area contributed by atoms with Crippen LogP contribution in [0.25, 0.3) is 0 Å². The minimum absolute atomic E-state index is 1.22. The molecule has 3 rings (SSSR count). The second-order valence-electron chi connectivity index (χ2n) is 13.2. The van der Waals surface area contributed by atoms with Gasteiger partial charge in [-0.25, -0.2) is 0 Å². The second-order valence-corrected chi connectivity index (χ2v) is 24.0. The standard InChI is InChI=1S/C24H50N.3C6H5.Sn/c1-3-5-7-9-11-13-15-17-19-21-23-25-24-22-20-18-16-14-12-10-8-6-4-2;3*1-2-4-6-5-3-1;/h3-24H2,1-2H3;3*1-5H;/q-1;;;;+1. The molecule has 242 valence electrons. The molecule has 0 heterocycles. The van der Waals surface area contributed by atoms with Crippen molar-refractivity contribution in [3.63, 3.8) is 0 Å². The van der Waals surface area contributed by atoms with Crippen LogP contribution in [0, 0.1) is 0 Å². The molecule has 0 aromatic heterocycles. The average Bonchev–Trinajstić information content (AvgIpc) is 3.08. The zero-order valence-corrected chi connectivity index (χ0v) is 31.5. The van der Waals surface area contributed by atoms with Gasteiger partial charge < -0.3 is 0 Å². The summed E-state index contributed by atoms with van der Waals surface area (Å²) < 4.78 is 7.86. The summed E-state index contributed by atoms with van der Waals surface area (Å²) in [6.07, 6.45) is 27.9. The van der Waals surface area contributed by atoms with E-state index in [1.807, 2.05) is 0 Å². The Morgan fingerprint density at radius 2 is 0.591 bits per heavy atom. The van der Waals surface area contributed by atoms with Crippen LogP contribution in [0.4, 0.5) is 0 Å². The van der Waals surface area contributed by atoms with Crippen molar-refractivity contribution in [2.45, 2.75) is 142 Å². The quantitative estimate of drug-likeness (QED) is 0.0595. The molecular formula is C42H65NSn. The number of nitrogens with zero attached hydrogens (tertiary/aromatic N) is 1. The van der Waals surface area contributed by atoms with Gasteiger partial charge in [0.2, 0.25) is 0 Å². The first-order valence-electron chi connectivity index (χ1n) is 18.8. The number of hydrogen-bond acceptors (Lipinski definition) is 1. The van der Waals surface area contributed by atoms with E-state index in [2.05, 4.69) is 108 Å². The third-order valence-electron chi connectivity index (χ3n) is 9.61. The minimum atomic E-state index is -3.49. The summed E-state index contributed by atoms with van der Waals surface area (Å²) in [5.41, 5.74) is 0. The Kier molecular flexibility index (Phi) is 19.9. The molecule has 0 fully saturated rings. The molecular weight excluding hydrogens is 637 g/mol. The van der Waals surface area contributed by atoms with Crippen molar-refractivity contribution in [1.82, 2.24) is 3.12 Å².